The predicted octanol–water partition coefficient (Wildman–Crippen LogP) is 2.81. The van der Waals surface area contributed by atoms with Gasteiger partial charge in [0.1, 0.15) is 0 Å². The van der Waals surface area contributed by atoms with Crippen molar-refractivity contribution in [3.63, 3.8) is 0 Å². The number of carbonyl (C=O) groups is 1. The largest absolute Gasteiger partial charge is 0.466 e. The normalized spacial score (nSPS) is 19.2. The molecule has 1 unspecified atom stereocenters. The molecule has 0 spiro atoms. The Bertz CT molecular complexity index is 223. The number of unbranched alkanes of at least 4 members (excludes halogenated alkanes) is 1. The van der Waals surface area contributed by atoms with Crippen molar-refractivity contribution in [2.24, 2.45) is 5.92 Å². The maximum absolute atomic E-state index is 11.7. The van der Waals surface area contributed by atoms with Crippen molar-refractivity contribution in [1.29, 1.82) is 0 Å². The Morgan fingerprint density at radius 3 is 2.50 bits per heavy atom. The van der Waals surface area contributed by atoms with Crippen molar-refractivity contribution >= 4 is 5.97 Å². The first-order valence-electron chi connectivity index (χ1n) is 6.14. The van der Waals surface area contributed by atoms with Gasteiger partial charge in [0.2, 0.25) is 5.79 Å². The molecule has 0 radical (unpaired) electrons. The highest BCUT2D eigenvalue weighted by Gasteiger charge is 2.43. The topological polar surface area (TPSA) is 51.4 Å². The Labute approximate surface area is 97.2 Å². The zero-order chi connectivity index (χ0) is 12.0. The molecule has 1 saturated heterocycles. The molecule has 1 heterocycles. The molecule has 16 heavy (non-hydrogen) atoms. The summed E-state index contributed by atoms with van der Waals surface area (Å²) in [5.41, 5.74) is 0. The SMILES string of the molecule is CCCCC(CCC1(C)OO1)C(=O)OCC. The highest BCUT2D eigenvalue weighted by molar-refractivity contribution is 5.72. The van der Waals surface area contributed by atoms with Crippen molar-refractivity contribution in [2.75, 3.05) is 6.61 Å². The number of rotatable bonds is 8. The van der Waals surface area contributed by atoms with Gasteiger partial charge in [-0.25, -0.2) is 0 Å². The zero-order valence-electron chi connectivity index (χ0n) is 10.5. The lowest BCUT2D eigenvalue weighted by atomic mass is 9.95. The van der Waals surface area contributed by atoms with Gasteiger partial charge >= 0.3 is 5.97 Å². The maximum Gasteiger partial charge on any atom is 0.308 e. The molecular formula is C12H22O4. The first-order chi connectivity index (χ1) is 7.61. The lowest BCUT2D eigenvalue weighted by molar-refractivity contribution is -0.148. The number of esters is 1. The second kappa shape index (κ2) is 6.21. The minimum absolute atomic E-state index is 0.00970. The van der Waals surface area contributed by atoms with E-state index in [0.29, 0.717) is 6.61 Å². The molecule has 1 fully saturated rings. The molecule has 0 aliphatic carbocycles. The van der Waals surface area contributed by atoms with Crippen LogP contribution in [0, 0.1) is 5.92 Å². The molecule has 4 heteroatoms. The second-order valence-electron chi connectivity index (χ2n) is 4.43. The molecule has 1 aliphatic rings. The minimum Gasteiger partial charge on any atom is -0.466 e. The van der Waals surface area contributed by atoms with Crippen LogP contribution in [0.3, 0.4) is 0 Å². The van der Waals surface area contributed by atoms with Crippen LogP contribution in [0.2, 0.25) is 0 Å². The third-order valence-corrected chi connectivity index (χ3v) is 2.84. The summed E-state index contributed by atoms with van der Waals surface area (Å²) in [6.07, 6.45) is 4.57. The molecule has 0 aromatic heterocycles. The van der Waals surface area contributed by atoms with Crippen LogP contribution in [-0.4, -0.2) is 18.4 Å². The highest BCUT2D eigenvalue weighted by atomic mass is 17.4. The lowest BCUT2D eigenvalue weighted by Crippen LogP contribution is -2.20. The van der Waals surface area contributed by atoms with Gasteiger partial charge in [0.15, 0.2) is 0 Å². The fraction of sp³-hybridized carbons (Fsp3) is 0.917. The number of hydrogen-bond donors (Lipinski definition) is 0. The van der Waals surface area contributed by atoms with E-state index in [0.717, 1.165) is 32.1 Å². The molecule has 94 valence electrons. The van der Waals surface area contributed by atoms with E-state index in [4.69, 9.17) is 14.5 Å². The van der Waals surface area contributed by atoms with E-state index in [-0.39, 0.29) is 11.9 Å². The summed E-state index contributed by atoms with van der Waals surface area (Å²) in [7, 11) is 0. The molecule has 0 amide bonds. The Kier molecular flexibility index (Phi) is 5.22. The number of hydrogen-bond acceptors (Lipinski definition) is 4. The van der Waals surface area contributed by atoms with Gasteiger partial charge in [-0.05, 0) is 26.7 Å². The van der Waals surface area contributed by atoms with Crippen LogP contribution >= 0.6 is 0 Å². The second-order valence-corrected chi connectivity index (χ2v) is 4.43. The van der Waals surface area contributed by atoms with E-state index in [1.807, 2.05) is 13.8 Å². The Morgan fingerprint density at radius 2 is 2.00 bits per heavy atom. The summed E-state index contributed by atoms with van der Waals surface area (Å²) in [6.45, 7) is 6.29. The first kappa shape index (κ1) is 13.5. The standard InChI is InChI=1S/C12H22O4/c1-4-6-7-10(11(13)14-5-2)8-9-12(3)15-16-12/h10H,4-9H2,1-3H3. The van der Waals surface area contributed by atoms with Gasteiger partial charge in [-0.2, -0.15) is 9.78 Å². The molecule has 0 aromatic rings. The van der Waals surface area contributed by atoms with Crippen LogP contribution in [-0.2, 0) is 19.3 Å². The highest BCUT2D eigenvalue weighted by Crippen LogP contribution is 2.35. The van der Waals surface area contributed by atoms with Gasteiger partial charge in [0.25, 0.3) is 0 Å². The van der Waals surface area contributed by atoms with Crippen molar-refractivity contribution in [2.45, 2.75) is 58.7 Å². The fourth-order valence-corrected chi connectivity index (χ4v) is 1.68. The summed E-state index contributed by atoms with van der Waals surface area (Å²) in [6, 6.07) is 0. The van der Waals surface area contributed by atoms with Crippen molar-refractivity contribution in [3.8, 4) is 0 Å². The summed E-state index contributed by atoms with van der Waals surface area (Å²) >= 11 is 0. The molecule has 0 N–H and O–H groups in total. The Hall–Kier alpha value is -0.610. The average molecular weight is 230 g/mol. The summed E-state index contributed by atoms with van der Waals surface area (Å²) in [5.74, 6) is -0.540. The predicted molar refractivity (Wildman–Crippen MR) is 59.5 cm³/mol. The lowest BCUT2D eigenvalue weighted by Gasteiger charge is -2.15. The van der Waals surface area contributed by atoms with Gasteiger partial charge in [-0.15, -0.1) is 0 Å². The molecule has 1 aliphatic heterocycles. The van der Waals surface area contributed by atoms with E-state index < -0.39 is 5.79 Å². The van der Waals surface area contributed by atoms with Gasteiger partial charge in [0, 0.05) is 6.42 Å². The third-order valence-electron chi connectivity index (χ3n) is 2.84. The monoisotopic (exact) mass is 230 g/mol. The van der Waals surface area contributed by atoms with Gasteiger partial charge in [-0.3, -0.25) is 4.79 Å². The van der Waals surface area contributed by atoms with E-state index >= 15 is 0 Å². The summed E-state index contributed by atoms with van der Waals surface area (Å²) < 4.78 is 5.07. The summed E-state index contributed by atoms with van der Waals surface area (Å²) in [4.78, 5) is 21.4. The third kappa shape index (κ3) is 4.49. The Balaban J connectivity index is 2.32. The number of ether oxygens (including phenoxy) is 1. The zero-order valence-corrected chi connectivity index (χ0v) is 10.5. The fourth-order valence-electron chi connectivity index (χ4n) is 1.68. The van der Waals surface area contributed by atoms with E-state index in [9.17, 15) is 4.79 Å². The smallest absolute Gasteiger partial charge is 0.308 e. The van der Waals surface area contributed by atoms with Gasteiger partial charge in [0.05, 0.1) is 12.5 Å². The van der Waals surface area contributed by atoms with Crippen molar-refractivity contribution in [3.05, 3.63) is 0 Å². The molecule has 0 saturated carbocycles. The summed E-state index contributed by atoms with van der Waals surface area (Å²) in [5, 5.41) is 0. The van der Waals surface area contributed by atoms with Crippen LogP contribution in [0.25, 0.3) is 0 Å². The van der Waals surface area contributed by atoms with Crippen molar-refractivity contribution in [1.82, 2.24) is 0 Å². The van der Waals surface area contributed by atoms with E-state index in [2.05, 4.69) is 6.92 Å². The first-order valence-corrected chi connectivity index (χ1v) is 6.14. The van der Waals surface area contributed by atoms with Crippen LogP contribution < -0.4 is 0 Å². The van der Waals surface area contributed by atoms with Crippen LogP contribution in [0.15, 0.2) is 0 Å². The maximum atomic E-state index is 11.7. The Morgan fingerprint density at radius 1 is 1.31 bits per heavy atom. The molecule has 4 nitrogen and oxygen atoms in total. The average Bonchev–Trinajstić information content (AvgIpc) is 2.97. The van der Waals surface area contributed by atoms with Gasteiger partial charge in [-0.1, -0.05) is 19.8 Å². The van der Waals surface area contributed by atoms with Crippen molar-refractivity contribution < 1.29 is 19.3 Å². The molecule has 1 atom stereocenters. The molecular weight excluding hydrogens is 208 g/mol. The minimum atomic E-state index is -0.447. The van der Waals surface area contributed by atoms with Gasteiger partial charge < -0.3 is 4.74 Å². The van der Waals surface area contributed by atoms with Crippen LogP contribution in [0.1, 0.15) is 52.9 Å². The van der Waals surface area contributed by atoms with Crippen LogP contribution in [0.4, 0.5) is 0 Å². The van der Waals surface area contributed by atoms with E-state index in [1.54, 1.807) is 0 Å². The molecule has 1 rings (SSSR count). The molecule has 0 aromatic carbocycles. The molecule has 0 bridgehead atoms. The van der Waals surface area contributed by atoms with Crippen LogP contribution in [0.5, 0.6) is 0 Å². The van der Waals surface area contributed by atoms with E-state index in [1.165, 1.54) is 0 Å². The quantitative estimate of drug-likeness (QED) is 0.365. The number of carbonyl (C=O) groups excluding carboxylic acids is 1.